The van der Waals surface area contributed by atoms with Crippen LogP contribution >= 0.6 is 11.8 Å². The second-order valence-electron chi connectivity index (χ2n) is 7.92. The largest absolute Gasteiger partial charge is 0.488 e. The molecule has 0 saturated carbocycles. The van der Waals surface area contributed by atoms with Gasteiger partial charge in [0, 0.05) is 34.8 Å². The lowest BCUT2D eigenvalue weighted by atomic mass is 9.97. The van der Waals surface area contributed by atoms with E-state index in [1.165, 1.54) is 11.8 Å². The summed E-state index contributed by atoms with van der Waals surface area (Å²) in [6, 6.07) is 19.9. The normalized spacial score (nSPS) is 15.2. The van der Waals surface area contributed by atoms with Gasteiger partial charge in [0.1, 0.15) is 40.4 Å². The minimum Gasteiger partial charge on any atom is -0.488 e. The number of nitrogen functional groups attached to an aromatic ring is 1. The van der Waals surface area contributed by atoms with Gasteiger partial charge in [-0.05, 0) is 35.4 Å². The van der Waals surface area contributed by atoms with Gasteiger partial charge in [0.25, 0.3) is 0 Å². The molecule has 1 saturated heterocycles. The molecule has 2 aromatic heterocycles. The van der Waals surface area contributed by atoms with Crippen LogP contribution in [0.1, 0.15) is 23.1 Å². The topological polar surface area (TPSA) is 121 Å². The molecule has 168 valence electrons. The van der Waals surface area contributed by atoms with Crippen LogP contribution in [0.3, 0.4) is 0 Å². The molecule has 0 spiro atoms. The van der Waals surface area contributed by atoms with Crippen LogP contribution in [0.4, 0.5) is 5.82 Å². The van der Waals surface area contributed by atoms with Crippen LogP contribution in [0.5, 0.6) is 5.75 Å². The first kappa shape index (κ1) is 21.8. The van der Waals surface area contributed by atoms with E-state index in [9.17, 15) is 10.5 Å². The first-order chi connectivity index (χ1) is 16.7. The lowest BCUT2D eigenvalue weighted by Crippen LogP contribution is -2.15. The molecule has 0 amide bonds. The molecule has 2 aromatic carbocycles. The molecule has 1 atom stereocenters. The van der Waals surface area contributed by atoms with Crippen molar-refractivity contribution in [3.05, 3.63) is 71.4 Å². The molecule has 8 heteroatoms. The second kappa shape index (κ2) is 9.48. The van der Waals surface area contributed by atoms with Gasteiger partial charge in [0.15, 0.2) is 0 Å². The molecule has 1 unspecified atom stereocenters. The van der Waals surface area contributed by atoms with E-state index in [1.807, 2.05) is 48.7 Å². The van der Waals surface area contributed by atoms with E-state index in [2.05, 4.69) is 28.2 Å². The van der Waals surface area contributed by atoms with E-state index >= 15 is 0 Å². The molecule has 3 N–H and O–H groups in total. The summed E-state index contributed by atoms with van der Waals surface area (Å²) in [6.07, 6.45) is 2.80. The molecule has 34 heavy (non-hydrogen) atoms. The Morgan fingerprint density at radius 2 is 1.94 bits per heavy atom. The Balaban J connectivity index is 1.49. The summed E-state index contributed by atoms with van der Waals surface area (Å²) in [5.74, 6) is 1.44. The Kier molecular flexibility index (Phi) is 6.09. The standard InChI is InChI=1S/C26H21N5O2S/c27-12-21-24(16-4-6-18(7-5-16)33-19-9-11-32-14-19)22(13-28)26(31-25(21)29)34-15-17-2-1-3-23-20(17)8-10-30-23/h1-8,10,19,30H,9,11,14-15H2,(H2,29,31). The fraction of sp³-hybridized carbons (Fsp3) is 0.192. The third-order valence-corrected chi connectivity index (χ3v) is 6.82. The molecular formula is C26H21N5O2S. The van der Waals surface area contributed by atoms with Gasteiger partial charge in [-0.3, -0.25) is 0 Å². The number of aromatic nitrogens is 2. The molecule has 1 aliphatic rings. The number of rotatable bonds is 6. The Morgan fingerprint density at radius 3 is 2.68 bits per heavy atom. The smallest absolute Gasteiger partial charge is 0.143 e. The maximum absolute atomic E-state index is 10.1. The van der Waals surface area contributed by atoms with Crippen molar-refractivity contribution in [3.63, 3.8) is 0 Å². The molecule has 3 heterocycles. The molecular weight excluding hydrogens is 446 g/mol. The average Bonchev–Trinajstić information content (AvgIpc) is 3.55. The molecule has 7 nitrogen and oxygen atoms in total. The fourth-order valence-corrected chi connectivity index (χ4v) is 5.11. The first-order valence-corrected chi connectivity index (χ1v) is 11.8. The van der Waals surface area contributed by atoms with E-state index in [-0.39, 0.29) is 17.5 Å². The van der Waals surface area contributed by atoms with Crippen molar-refractivity contribution in [2.24, 2.45) is 0 Å². The lowest BCUT2D eigenvalue weighted by Gasteiger charge is -2.15. The lowest BCUT2D eigenvalue weighted by molar-refractivity contribution is 0.141. The number of hydrogen-bond acceptors (Lipinski definition) is 7. The molecule has 0 aliphatic carbocycles. The van der Waals surface area contributed by atoms with Crippen molar-refractivity contribution in [1.82, 2.24) is 9.97 Å². The van der Waals surface area contributed by atoms with Crippen molar-refractivity contribution in [2.45, 2.75) is 23.3 Å². The van der Waals surface area contributed by atoms with Crippen LogP contribution in [-0.4, -0.2) is 29.3 Å². The van der Waals surface area contributed by atoms with Gasteiger partial charge in [-0.2, -0.15) is 10.5 Å². The fourth-order valence-electron chi connectivity index (χ4n) is 4.11. The number of fused-ring (bicyclic) bond motifs is 1. The summed E-state index contributed by atoms with van der Waals surface area (Å²) < 4.78 is 11.3. The molecule has 1 fully saturated rings. The number of nitriles is 2. The van der Waals surface area contributed by atoms with E-state index in [0.29, 0.717) is 46.4 Å². The highest BCUT2D eigenvalue weighted by Gasteiger charge is 2.22. The van der Waals surface area contributed by atoms with E-state index < -0.39 is 0 Å². The number of thioether (sulfide) groups is 1. The monoisotopic (exact) mass is 467 g/mol. The summed E-state index contributed by atoms with van der Waals surface area (Å²) in [5, 5.41) is 21.5. The maximum atomic E-state index is 10.1. The summed E-state index contributed by atoms with van der Waals surface area (Å²) in [7, 11) is 0. The van der Waals surface area contributed by atoms with E-state index in [4.69, 9.17) is 15.2 Å². The number of anilines is 1. The second-order valence-corrected chi connectivity index (χ2v) is 8.89. The zero-order chi connectivity index (χ0) is 23.5. The molecule has 0 bridgehead atoms. The molecule has 5 rings (SSSR count). The first-order valence-electron chi connectivity index (χ1n) is 10.8. The van der Waals surface area contributed by atoms with Crippen molar-refractivity contribution >= 4 is 28.5 Å². The van der Waals surface area contributed by atoms with Gasteiger partial charge < -0.3 is 20.2 Å². The van der Waals surface area contributed by atoms with Gasteiger partial charge in [0.2, 0.25) is 0 Å². The Labute approximate surface area is 201 Å². The van der Waals surface area contributed by atoms with Crippen LogP contribution in [0.2, 0.25) is 0 Å². The van der Waals surface area contributed by atoms with Crippen LogP contribution < -0.4 is 10.5 Å². The molecule has 0 radical (unpaired) electrons. The molecule has 4 aromatic rings. The van der Waals surface area contributed by atoms with Gasteiger partial charge >= 0.3 is 0 Å². The number of aromatic amines is 1. The highest BCUT2D eigenvalue weighted by Crippen LogP contribution is 2.37. The average molecular weight is 468 g/mol. The highest BCUT2D eigenvalue weighted by atomic mass is 32.2. The molecule has 1 aliphatic heterocycles. The van der Waals surface area contributed by atoms with Crippen LogP contribution in [-0.2, 0) is 10.5 Å². The van der Waals surface area contributed by atoms with Crippen LogP contribution in [0, 0.1) is 22.7 Å². The number of nitrogens with one attached hydrogen (secondary N) is 1. The summed E-state index contributed by atoms with van der Waals surface area (Å²) in [4.78, 5) is 7.63. The van der Waals surface area contributed by atoms with Crippen molar-refractivity contribution < 1.29 is 9.47 Å². The predicted molar refractivity (Wildman–Crippen MR) is 131 cm³/mol. The minimum absolute atomic E-state index is 0.0410. The van der Waals surface area contributed by atoms with Gasteiger partial charge in [0.05, 0.1) is 18.8 Å². The number of nitrogens with two attached hydrogens (primary N) is 1. The summed E-state index contributed by atoms with van der Waals surface area (Å²) >= 11 is 1.43. The number of pyridine rings is 1. The Morgan fingerprint density at radius 1 is 1.12 bits per heavy atom. The third kappa shape index (κ3) is 4.17. The number of hydrogen-bond donors (Lipinski definition) is 2. The zero-order valence-electron chi connectivity index (χ0n) is 18.2. The zero-order valence-corrected chi connectivity index (χ0v) is 19.1. The number of nitrogens with zero attached hydrogens (tertiary/aromatic N) is 3. The number of H-pyrrole nitrogens is 1. The Bertz CT molecular complexity index is 1430. The number of benzene rings is 2. The Hall–Kier alpha value is -3.98. The SMILES string of the molecule is N#Cc1c(N)nc(SCc2cccc3[nH]ccc23)c(C#N)c1-c1ccc(OC2CCOC2)cc1. The highest BCUT2D eigenvalue weighted by molar-refractivity contribution is 7.98. The van der Waals surface area contributed by atoms with E-state index in [0.717, 1.165) is 22.9 Å². The maximum Gasteiger partial charge on any atom is 0.143 e. The van der Waals surface area contributed by atoms with Gasteiger partial charge in [-0.1, -0.05) is 24.3 Å². The van der Waals surface area contributed by atoms with Crippen molar-refractivity contribution in [1.29, 1.82) is 10.5 Å². The van der Waals surface area contributed by atoms with Gasteiger partial charge in [-0.15, -0.1) is 11.8 Å². The van der Waals surface area contributed by atoms with Gasteiger partial charge in [-0.25, -0.2) is 4.98 Å². The quantitative estimate of drug-likeness (QED) is 0.382. The van der Waals surface area contributed by atoms with Crippen LogP contribution in [0.15, 0.2) is 59.8 Å². The van der Waals surface area contributed by atoms with Crippen LogP contribution in [0.25, 0.3) is 22.0 Å². The third-order valence-electron chi connectivity index (χ3n) is 5.80. The summed E-state index contributed by atoms with van der Waals surface area (Å²) in [5.41, 5.74) is 10.1. The van der Waals surface area contributed by atoms with E-state index in [1.54, 1.807) is 0 Å². The van der Waals surface area contributed by atoms with Crippen molar-refractivity contribution in [2.75, 3.05) is 18.9 Å². The number of ether oxygens (including phenoxy) is 2. The summed E-state index contributed by atoms with van der Waals surface area (Å²) in [6.45, 7) is 1.28. The predicted octanol–water partition coefficient (Wildman–Crippen LogP) is 5.02. The van der Waals surface area contributed by atoms with Crippen molar-refractivity contribution in [3.8, 4) is 29.0 Å². The minimum atomic E-state index is 0.0410.